The molecule has 26 heavy (non-hydrogen) atoms. The summed E-state index contributed by atoms with van der Waals surface area (Å²) in [6.07, 6.45) is -3.21. The van der Waals surface area contributed by atoms with Crippen molar-refractivity contribution in [1.29, 1.82) is 0 Å². The first-order valence-electron chi connectivity index (χ1n) is 7.35. The lowest BCUT2D eigenvalue weighted by Crippen LogP contribution is -2.10. The number of hydrogen-bond donors (Lipinski definition) is 1. The Morgan fingerprint density at radius 3 is 2.54 bits per heavy atom. The fourth-order valence-corrected chi connectivity index (χ4v) is 2.61. The predicted molar refractivity (Wildman–Crippen MR) is 91.0 cm³/mol. The van der Waals surface area contributed by atoms with Crippen LogP contribution in [0.3, 0.4) is 0 Å². The number of aromatic nitrogens is 4. The summed E-state index contributed by atoms with van der Waals surface area (Å²) in [7, 11) is 0. The number of nitrogens with one attached hydrogen (secondary N) is 1. The Morgan fingerprint density at radius 1 is 1.15 bits per heavy atom. The molecule has 3 rings (SSSR count). The lowest BCUT2D eigenvalue weighted by atomic mass is 10.2. The van der Waals surface area contributed by atoms with Crippen LogP contribution in [0.25, 0.3) is 5.82 Å². The van der Waals surface area contributed by atoms with Crippen LogP contribution in [-0.2, 0) is 6.18 Å². The van der Waals surface area contributed by atoms with E-state index in [4.69, 9.17) is 0 Å². The fourth-order valence-electron chi connectivity index (χ4n) is 2.25. The molecule has 0 aliphatic heterocycles. The molecule has 0 fully saturated rings. The highest BCUT2D eigenvalue weighted by Crippen LogP contribution is 2.30. The standard InChI is InChI=1S/C16H12BrF4N5/c1-8-3-4-11(18)12(5-8)23-15-22-7-10(17)14(24-15)26-9(2)6-13(25-26)16(19,20)21/h3-7H,1-2H3,(H,22,23,24). The van der Waals surface area contributed by atoms with Gasteiger partial charge in [-0.2, -0.15) is 23.3 Å². The summed E-state index contributed by atoms with van der Waals surface area (Å²) in [6, 6.07) is 5.40. The minimum atomic E-state index is -4.57. The van der Waals surface area contributed by atoms with Crippen LogP contribution < -0.4 is 5.32 Å². The zero-order valence-corrected chi connectivity index (χ0v) is 15.2. The van der Waals surface area contributed by atoms with Crippen molar-refractivity contribution in [1.82, 2.24) is 19.7 Å². The highest BCUT2D eigenvalue weighted by atomic mass is 79.9. The molecule has 2 aromatic heterocycles. The van der Waals surface area contributed by atoms with Crippen LogP contribution in [0.2, 0.25) is 0 Å². The first kappa shape index (κ1) is 18.3. The average Bonchev–Trinajstić information content (AvgIpc) is 2.95. The zero-order chi connectivity index (χ0) is 19.1. The van der Waals surface area contributed by atoms with Crippen molar-refractivity contribution in [2.24, 2.45) is 0 Å². The molecule has 0 unspecified atom stereocenters. The molecule has 0 bridgehead atoms. The van der Waals surface area contributed by atoms with E-state index in [9.17, 15) is 17.6 Å². The molecule has 0 aliphatic rings. The van der Waals surface area contributed by atoms with Gasteiger partial charge in [-0.3, -0.25) is 0 Å². The van der Waals surface area contributed by atoms with E-state index in [1.807, 2.05) is 0 Å². The van der Waals surface area contributed by atoms with Gasteiger partial charge in [0.25, 0.3) is 0 Å². The number of rotatable bonds is 3. The number of aryl methyl sites for hydroxylation is 2. The fraction of sp³-hybridized carbons (Fsp3) is 0.188. The van der Waals surface area contributed by atoms with Crippen molar-refractivity contribution in [3.05, 3.63) is 57.7 Å². The molecule has 0 radical (unpaired) electrons. The molecule has 0 aliphatic carbocycles. The maximum Gasteiger partial charge on any atom is 0.435 e. The molecule has 1 aromatic carbocycles. The number of hydrogen-bond acceptors (Lipinski definition) is 4. The highest BCUT2D eigenvalue weighted by molar-refractivity contribution is 9.10. The summed E-state index contributed by atoms with van der Waals surface area (Å²) in [6.45, 7) is 3.27. The Balaban J connectivity index is 2.01. The summed E-state index contributed by atoms with van der Waals surface area (Å²) in [5.41, 5.74) is 0.194. The smallest absolute Gasteiger partial charge is 0.322 e. The van der Waals surface area contributed by atoms with Gasteiger partial charge in [0.05, 0.1) is 10.2 Å². The molecule has 0 saturated carbocycles. The zero-order valence-electron chi connectivity index (χ0n) is 13.6. The minimum Gasteiger partial charge on any atom is -0.322 e. The van der Waals surface area contributed by atoms with Crippen LogP contribution in [0.5, 0.6) is 0 Å². The van der Waals surface area contributed by atoms with Crippen LogP contribution >= 0.6 is 15.9 Å². The molecular formula is C16H12BrF4N5. The van der Waals surface area contributed by atoms with Crippen LogP contribution in [0, 0.1) is 19.7 Å². The van der Waals surface area contributed by atoms with Gasteiger partial charge in [0.1, 0.15) is 5.82 Å². The quantitative estimate of drug-likeness (QED) is 0.598. The largest absolute Gasteiger partial charge is 0.435 e. The van der Waals surface area contributed by atoms with Crippen molar-refractivity contribution < 1.29 is 17.6 Å². The molecule has 10 heteroatoms. The van der Waals surface area contributed by atoms with Crippen LogP contribution in [0.15, 0.2) is 34.9 Å². The van der Waals surface area contributed by atoms with Gasteiger partial charge in [-0.1, -0.05) is 6.07 Å². The Hall–Kier alpha value is -2.49. The summed E-state index contributed by atoms with van der Waals surface area (Å²) in [5, 5.41) is 6.29. The second-order valence-electron chi connectivity index (χ2n) is 5.55. The number of anilines is 2. The summed E-state index contributed by atoms with van der Waals surface area (Å²) in [5.74, 6) is -0.377. The first-order chi connectivity index (χ1) is 12.1. The van der Waals surface area contributed by atoms with Crippen molar-refractivity contribution in [3.63, 3.8) is 0 Å². The van der Waals surface area contributed by atoms with Gasteiger partial charge in [0.2, 0.25) is 5.95 Å². The number of alkyl halides is 3. The lowest BCUT2D eigenvalue weighted by Gasteiger charge is -2.10. The lowest BCUT2D eigenvalue weighted by molar-refractivity contribution is -0.141. The van der Waals surface area contributed by atoms with Crippen LogP contribution in [0.4, 0.5) is 29.2 Å². The average molecular weight is 430 g/mol. The molecule has 0 saturated heterocycles. The maximum atomic E-state index is 13.9. The summed E-state index contributed by atoms with van der Waals surface area (Å²) < 4.78 is 53.9. The van der Waals surface area contributed by atoms with Crippen LogP contribution in [0.1, 0.15) is 17.0 Å². The van der Waals surface area contributed by atoms with Gasteiger partial charge in [0.15, 0.2) is 11.5 Å². The number of nitrogens with zero attached hydrogens (tertiary/aromatic N) is 4. The molecule has 5 nitrogen and oxygen atoms in total. The Labute approximate surface area is 154 Å². The van der Waals surface area contributed by atoms with Gasteiger partial charge < -0.3 is 5.32 Å². The number of benzene rings is 1. The second-order valence-corrected chi connectivity index (χ2v) is 6.41. The van der Waals surface area contributed by atoms with Crippen molar-refractivity contribution in [2.75, 3.05) is 5.32 Å². The monoisotopic (exact) mass is 429 g/mol. The van der Waals surface area contributed by atoms with E-state index in [1.165, 1.54) is 19.2 Å². The van der Waals surface area contributed by atoms with Gasteiger partial charge in [0, 0.05) is 11.9 Å². The van der Waals surface area contributed by atoms with Gasteiger partial charge in [-0.15, -0.1) is 0 Å². The van der Waals surface area contributed by atoms with E-state index < -0.39 is 17.7 Å². The predicted octanol–water partition coefficient (Wildman–Crippen LogP) is 4.94. The Bertz CT molecular complexity index is 968. The van der Waals surface area contributed by atoms with E-state index in [0.29, 0.717) is 4.47 Å². The summed E-state index contributed by atoms with van der Waals surface area (Å²) in [4.78, 5) is 8.18. The van der Waals surface area contributed by atoms with Crippen molar-refractivity contribution in [2.45, 2.75) is 20.0 Å². The third kappa shape index (κ3) is 3.69. The van der Waals surface area contributed by atoms with E-state index in [2.05, 4.69) is 36.3 Å². The number of halogens is 5. The molecule has 2 heterocycles. The third-order valence-corrected chi connectivity index (χ3v) is 4.03. The molecule has 0 amide bonds. The van der Waals surface area contributed by atoms with E-state index in [-0.39, 0.29) is 23.1 Å². The summed E-state index contributed by atoms with van der Waals surface area (Å²) >= 11 is 3.20. The topological polar surface area (TPSA) is 55.6 Å². The third-order valence-electron chi connectivity index (χ3n) is 3.47. The molecule has 136 valence electrons. The highest BCUT2D eigenvalue weighted by Gasteiger charge is 2.35. The first-order valence-corrected chi connectivity index (χ1v) is 8.14. The molecule has 0 atom stereocenters. The van der Waals surface area contributed by atoms with E-state index >= 15 is 0 Å². The van der Waals surface area contributed by atoms with Gasteiger partial charge in [-0.25, -0.2) is 14.1 Å². The second kappa shape index (κ2) is 6.67. The van der Waals surface area contributed by atoms with Crippen molar-refractivity contribution in [3.8, 4) is 5.82 Å². The molecular weight excluding hydrogens is 418 g/mol. The SMILES string of the molecule is Cc1ccc(F)c(Nc2ncc(Br)c(-n3nc(C(F)(F)F)cc3C)n2)c1. The van der Waals surface area contributed by atoms with Crippen LogP contribution in [-0.4, -0.2) is 19.7 Å². The Kier molecular flexibility index (Phi) is 4.70. The normalized spacial score (nSPS) is 11.7. The van der Waals surface area contributed by atoms with E-state index in [1.54, 1.807) is 19.1 Å². The van der Waals surface area contributed by atoms with E-state index in [0.717, 1.165) is 16.3 Å². The Morgan fingerprint density at radius 2 is 1.88 bits per heavy atom. The molecule has 1 N–H and O–H groups in total. The minimum absolute atomic E-state index is 0.0242. The molecule has 0 spiro atoms. The molecule has 3 aromatic rings. The van der Waals surface area contributed by atoms with Gasteiger partial charge >= 0.3 is 6.18 Å². The van der Waals surface area contributed by atoms with Gasteiger partial charge in [-0.05, 0) is 53.5 Å². The maximum absolute atomic E-state index is 13.9. The van der Waals surface area contributed by atoms with Crippen molar-refractivity contribution >= 4 is 27.6 Å².